The average Bonchev–Trinajstić information content (AvgIpc) is 2.68. The van der Waals surface area contributed by atoms with Crippen molar-refractivity contribution in [1.29, 1.82) is 0 Å². The summed E-state index contributed by atoms with van der Waals surface area (Å²) in [6.07, 6.45) is 11.0. The molecule has 1 aromatic carbocycles. The molecule has 1 unspecified atom stereocenters. The molecular formula is C22H36N4O. The Morgan fingerprint density at radius 3 is 2.70 bits per heavy atom. The van der Waals surface area contributed by atoms with Crippen LogP contribution in [-0.4, -0.2) is 31.2 Å². The predicted octanol–water partition coefficient (Wildman–Crippen LogP) is 4.94. The SMILES string of the molecule is CCc1cc(N)c(OC)cc1N1CCC(CCCC(C)CCC=[N+]=[N-])CC1. The fourth-order valence-corrected chi connectivity index (χ4v) is 4.17. The Bertz CT molecular complexity index is 631. The van der Waals surface area contributed by atoms with Gasteiger partial charge < -0.3 is 20.9 Å². The van der Waals surface area contributed by atoms with E-state index in [0.29, 0.717) is 5.92 Å². The van der Waals surface area contributed by atoms with Crippen molar-refractivity contribution in [2.24, 2.45) is 11.8 Å². The zero-order valence-corrected chi connectivity index (χ0v) is 17.3. The van der Waals surface area contributed by atoms with Gasteiger partial charge in [0.15, 0.2) is 0 Å². The molecule has 1 heterocycles. The molecule has 1 saturated heterocycles. The van der Waals surface area contributed by atoms with E-state index in [-0.39, 0.29) is 0 Å². The monoisotopic (exact) mass is 372 g/mol. The molecule has 5 heteroatoms. The van der Waals surface area contributed by atoms with Crippen molar-refractivity contribution < 1.29 is 9.53 Å². The zero-order chi connectivity index (χ0) is 19.6. The maximum Gasteiger partial charge on any atom is 0.257 e. The third-order valence-electron chi connectivity index (χ3n) is 5.95. The van der Waals surface area contributed by atoms with Gasteiger partial charge in [-0.2, -0.15) is 4.79 Å². The number of hydrogen-bond donors (Lipinski definition) is 1. The highest BCUT2D eigenvalue weighted by Crippen LogP contribution is 2.35. The third kappa shape index (κ3) is 6.28. The Labute approximate surface area is 164 Å². The summed E-state index contributed by atoms with van der Waals surface area (Å²) < 4.78 is 5.43. The first kappa shape index (κ1) is 21.3. The lowest BCUT2D eigenvalue weighted by molar-refractivity contribution is 0.000481. The number of piperidine rings is 1. The highest BCUT2D eigenvalue weighted by Gasteiger charge is 2.22. The number of rotatable bonds is 10. The van der Waals surface area contributed by atoms with Crippen LogP contribution in [0.4, 0.5) is 11.4 Å². The maximum atomic E-state index is 8.46. The number of anilines is 2. The van der Waals surface area contributed by atoms with Gasteiger partial charge in [-0.05, 0) is 49.1 Å². The fourth-order valence-electron chi connectivity index (χ4n) is 4.17. The van der Waals surface area contributed by atoms with Crippen LogP contribution in [0.15, 0.2) is 12.1 Å². The molecule has 27 heavy (non-hydrogen) atoms. The maximum absolute atomic E-state index is 8.46. The molecule has 1 aromatic rings. The molecule has 0 saturated carbocycles. The summed E-state index contributed by atoms with van der Waals surface area (Å²) in [7, 11) is 1.69. The van der Waals surface area contributed by atoms with Gasteiger partial charge in [-0.3, -0.25) is 0 Å². The molecule has 0 amide bonds. The van der Waals surface area contributed by atoms with Crippen LogP contribution in [0.1, 0.15) is 64.4 Å². The van der Waals surface area contributed by atoms with Crippen molar-refractivity contribution in [2.45, 2.75) is 65.2 Å². The number of aryl methyl sites for hydroxylation is 1. The number of methoxy groups -OCH3 is 1. The lowest BCUT2D eigenvalue weighted by Gasteiger charge is -2.35. The van der Waals surface area contributed by atoms with Crippen LogP contribution >= 0.6 is 0 Å². The second-order valence-electron chi connectivity index (χ2n) is 7.92. The van der Waals surface area contributed by atoms with E-state index in [1.807, 2.05) is 0 Å². The van der Waals surface area contributed by atoms with E-state index in [1.54, 1.807) is 13.3 Å². The van der Waals surface area contributed by atoms with Crippen molar-refractivity contribution in [2.75, 3.05) is 30.8 Å². The lowest BCUT2D eigenvalue weighted by atomic mass is 9.89. The van der Waals surface area contributed by atoms with E-state index in [1.165, 1.54) is 43.4 Å². The number of nitrogens with two attached hydrogens (primary N) is 1. The van der Waals surface area contributed by atoms with Gasteiger partial charge in [-0.25, -0.2) is 0 Å². The summed E-state index contributed by atoms with van der Waals surface area (Å²) in [5.41, 5.74) is 17.9. The number of nitrogen functional groups attached to an aromatic ring is 1. The Morgan fingerprint density at radius 2 is 2.07 bits per heavy atom. The van der Waals surface area contributed by atoms with Crippen LogP contribution in [0.3, 0.4) is 0 Å². The van der Waals surface area contributed by atoms with E-state index in [9.17, 15) is 0 Å². The molecule has 1 atom stereocenters. The molecule has 0 spiro atoms. The van der Waals surface area contributed by atoms with Gasteiger partial charge in [-0.1, -0.05) is 33.1 Å². The second kappa shape index (κ2) is 11.0. The van der Waals surface area contributed by atoms with Crippen molar-refractivity contribution in [1.82, 2.24) is 0 Å². The van der Waals surface area contributed by atoms with Crippen LogP contribution in [0.5, 0.6) is 5.75 Å². The highest BCUT2D eigenvalue weighted by molar-refractivity contribution is 5.67. The zero-order valence-electron chi connectivity index (χ0n) is 17.3. The fraction of sp³-hybridized carbons (Fsp3) is 0.682. The topological polar surface area (TPSA) is 74.9 Å². The summed E-state index contributed by atoms with van der Waals surface area (Å²) in [4.78, 5) is 5.58. The number of nitrogens with zero attached hydrogens (tertiary/aromatic N) is 3. The summed E-state index contributed by atoms with van der Waals surface area (Å²) >= 11 is 0. The molecule has 0 aliphatic carbocycles. The van der Waals surface area contributed by atoms with Gasteiger partial charge in [0, 0.05) is 31.3 Å². The highest BCUT2D eigenvalue weighted by atomic mass is 16.5. The minimum atomic E-state index is 0.706. The van der Waals surface area contributed by atoms with Crippen LogP contribution < -0.4 is 15.4 Å². The van der Waals surface area contributed by atoms with E-state index < -0.39 is 0 Å². The minimum absolute atomic E-state index is 0.706. The lowest BCUT2D eigenvalue weighted by Crippen LogP contribution is -2.34. The summed E-state index contributed by atoms with van der Waals surface area (Å²) in [6, 6.07) is 4.19. The molecule has 150 valence electrons. The molecule has 0 aromatic heterocycles. The van der Waals surface area contributed by atoms with E-state index >= 15 is 0 Å². The van der Waals surface area contributed by atoms with E-state index in [0.717, 1.165) is 49.7 Å². The van der Waals surface area contributed by atoms with Crippen LogP contribution in [-0.2, 0) is 6.42 Å². The summed E-state index contributed by atoms with van der Waals surface area (Å²) in [5.74, 6) is 2.33. The van der Waals surface area contributed by atoms with Gasteiger partial charge in [0.1, 0.15) is 5.75 Å². The molecule has 2 N–H and O–H groups in total. The van der Waals surface area contributed by atoms with Gasteiger partial charge in [0.05, 0.1) is 12.8 Å². The van der Waals surface area contributed by atoms with E-state index in [4.69, 9.17) is 16.0 Å². The largest absolute Gasteiger partial charge is 0.495 e. The Balaban J connectivity index is 1.81. The molecule has 2 rings (SSSR count). The molecule has 0 radical (unpaired) electrons. The summed E-state index contributed by atoms with van der Waals surface area (Å²) in [6.45, 7) is 6.72. The first-order valence-corrected chi connectivity index (χ1v) is 10.5. The molecule has 1 fully saturated rings. The molecule has 1 aliphatic heterocycles. The van der Waals surface area contributed by atoms with Crippen LogP contribution in [0.25, 0.3) is 5.53 Å². The quantitative estimate of drug-likeness (QED) is 0.273. The number of benzene rings is 1. The smallest absolute Gasteiger partial charge is 0.257 e. The van der Waals surface area contributed by atoms with Crippen molar-refractivity contribution in [3.05, 3.63) is 23.2 Å². The first-order valence-electron chi connectivity index (χ1n) is 10.5. The Morgan fingerprint density at radius 1 is 1.33 bits per heavy atom. The number of ether oxygens (including phenoxy) is 1. The van der Waals surface area contributed by atoms with Gasteiger partial charge in [0.25, 0.3) is 6.21 Å². The molecule has 1 aliphatic rings. The molecule has 0 bridgehead atoms. The Kier molecular flexibility index (Phi) is 8.66. The van der Waals surface area contributed by atoms with Crippen LogP contribution in [0, 0.1) is 11.8 Å². The van der Waals surface area contributed by atoms with Crippen molar-refractivity contribution in [3.8, 4) is 5.75 Å². The van der Waals surface area contributed by atoms with Crippen LogP contribution in [0.2, 0.25) is 0 Å². The number of hydrogen-bond acceptors (Lipinski definition) is 3. The van der Waals surface area contributed by atoms with Gasteiger partial charge in [0.2, 0.25) is 0 Å². The second-order valence-corrected chi connectivity index (χ2v) is 7.92. The first-order chi connectivity index (χ1) is 13.1. The third-order valence-corrected chi connectivity index (χ3v) is 5.95. The van der Waals surface area contributed by atoms with E-state index in [2.05, 4.69) is 35.7 Å². The average molecular weight is 373 g/mol. The minimum Gasteiger partial charge on any atom is -0.495 e. The standard InChI is InChI=1S/C22H36N4O/c1-4-19-15-20(23)22(27-3)16-21(19)26-13-10-18(11-14-26)9-5-7-17(2)8-6-12-25-24/h12,15-18H,4-11,13-14,23H2,1-3H3. The van der Waals surface area contributed by atoms with Crippen molar-refractivity contribution in [3.63, 3.8) is 0 Å². The molecule has 5 nitrogen and oxygen atoms in total. The normalized spacial score (nSPS) is 16.0. The van der Waals surface area contributed by atoms with Gasteiger partial charge in [-0.15, -0.1) is 0 Å². The molecular weight excluding hydrogens is 336 g/mol. The summed E-state index contributed by atoms with van der Waals surface area (Å²) in [5, 5.41) is 0. The van der Waals surface area contributed by atoms with Gasteiger partial charge >= 0.3 is 0 Å². The van der Waals surface area contributed by atoms with Crippen molar-refractivity contribution >= 4 is 17.6 Å². The Hall–Kier alpha value is -2.00. The predicted molar refractivity (Wildman–Crippen MR) is 114 cm³/mol.